The molecule has 2 rings (SSSR count). The Balaban J connectivity index is 0.00000112. The normalized spacial score (nSPS) is 20.7. The number of rotatable bonds is 1. The first-order valence-electron chi connectivity index (χ1n) is 4.61. The molecular weight excluding hydrogens is 218 g/mol. The van der Waals surface area contributed by atoms with Crippen molar-refractivity contribution in [3.05, 3.63) is 23.8 Å². The molecule has 0 aromatic heterocycles. The van der Waals surface area contributed by atoms with Crippen molar-refractivity contribution >= 4 is 12.4 Å². The summed E-state index contributed by atoms with van der Waals surface area (Å²) in [4.78, 5) is 0. The van der Waals surface area contributed by atoms with Crippen LogP contribution in [0.25, 0.3) is 0 Å². The minimum atomic E-state index is -0.0881. The Hall–Kier alpha value is -0.970. The maximum atomic E-state index is 9.60. The SMILES string of the molecule is Cl.Oc1cccc([C@H]2COCCN2)c1O. The molecule has 1 fully saturated rings. The molecule has 1 aromatic carbocycles. The number of hydrogen-bond acceptors (Lipinski definition) is 4. The molecule has 4 nitrogen and oxygen atoms in total. The molecule has 5 heteroatoms. The largest absolute Gasteiger partial charge is 0.504 e. The highest BCUT2D eigenvalue weighted by atomic mass is 35.5. The molecule has 1 heterocycles. The molecule has 0 aliphatic carbocycles. The van der Waals surface area contributed by atoms with Gasteiger partial charge in [0, 0.05) is 12.1 Å². The van der Waals surface area contributed by atoms with E-state index in [-0.39, 0.29) is 29.9 Å². The van der Waals surface area contributed by atoms with Crippen molar-refractivity contribution in [1.82, 2.24) is 5.32 Å². The number of hydrogen-bond donors (Lipinski definition) is 3. The average molecular weight is 232 g/mol. The summed E-state index contributed by atoms with van der Waals surface area (Å²) in [5, 5.41) is 22.1. The third-order valence-corrected chi connectivity index (χ3v) is 2.34. The molecule has 1 aliphatic heterocycles. The van der Waals surface area contributed by atoms with E-state index in [2.05, 4.69) is 5.32 Å². The van der Waals surface area contributed by atoms with Crippen molar-refractivity contribution in [2.75, 3.05) is 19.8 Å². The van der Waals surface area contributed by atoms with E-state index < -0.39 is 0 Å². The van der Waals surface area contributed by atoms with Gasteiger partial charge in [0.15, 0.2) is 11.5 Å². The highest BCUT2D eigenvalue weighted by Gasteiger charge is 2.19. The number of benzene rings is 1. The first-order chi connectivity index (χ1) is 6.79. The summed E-state index contributed by atoms with van der Waals surface area (Å²) in [6, 6.07) is 4.92. The van der Waals surface area contributed by atoms with Crippen molar-refractivity contribution < 1.29 is 14.9 Å². The van der Waals surface area contributed by atoms with Gasteiger partial charge in [0.2, 0.25) is 0 Å². The van der Waals surface area contributed by atoms with E-state index in [1.54, 1.807) is 12.1 Å². The molecule has 0 saturated carbocycles. The Morgan fingerprint density at radius 2 is 2.13 bits per heavy atom. The number of morpholine rings is 1. The van der Waals surface area contributed by atoms with Crippen molar-refractivity contribution in [1.29, 1.82) is 0 Å². The van der Waals surface area contributed by atoms with Crippen LogP contribution < -0.4 is 5.32 Å². The fourth-order valence-electron chi connectivity index (χ4n) is 1.60. The number of nitrogens with one attached hydrogen (secondary N) is 1. The molecule has 84 valence electrons. The van der Waals surface area contributed by atoms with Crippen LogP contribution in [0.3, 0.4) is 0 Å². The zero-order chi connectivity index (χ0) is 9.97. The van der Waals surface area contributed by atoms with Crippen LogP contribution in [0.2, 0.25) is 0 Å². The monoisotopic (exact) mass is 231 g/mol. The average Bonchev–Trinajstić information content (AvgIpc) is 2.23. The van der Waals surface area contributed by atoms with Crippen molar-refractivity contribution in [2.24, 2.45) is 0 Å². The van der Waals surface area contributed by atoms with E-state index in [9.17, 15) is 10.2 Å². The van der Waals surface area contributed by atoms with Gasteiger partial charge in [0.05, 0.1) is 19.3 Å². The molecular formula is C10H14ClNO3. The summed E-state index contributed by atoms with van der Waals surface area (Å²) in [6.07, 6.45) is 0. The quantitative estimate of drug-likeness (QED) is 0.636. The van der Waals surface area contributed by atoms with Gasteiger partial charge in [-0.1, -0.05) is 12.1 Å². The number of aromatic hydroxyl groups is 2. The van der Waals surface area contributed by atoms with Crippen LogP contribution in [0, 0.1) is 0 Å². The minimum Gasteiger partial charge on any atom is -0.504 e. The Morgan fingerprint density at radius 3 is 2.80 bits per heavy atom. The molecule has 0 bridgehead atoms. The first-order valence-corrected chi connectivity index (χ1v) is 4.61. The molecule has 1 aliphatic rings. The van der Waals surface area contributed by atoms with E-state index in [0.717, 1.165) is 6.54 Å². The van der Waals surface area contributed by atoms with E-state index in [1.165, 1.54) is 6.07 Å². The molecule has 15 heavy (non-hydrogen) atoms. The number of ether oxygens (including phenoxy) is 1. The maximum absolute atomic E-state index is 9.60. The predicted octanol–water partition coefficient (Wildman–Crippen LogP) is 1.18. The third-order valence-electron chi connectivity index (χ3n) is 2.34. The van der Waals surface area contributed by atoms with Gasteiger partial charge in [-0.3, -0.25) is 0 Å². The van der Waals surface area contributed by atoms with Gasteiger partial charge in [-0.25, -0.2) is 0 Å². The molecule has 0 unspecified atom stereocenters. The van der Waals surface area contributed by atoms with Gasteiger partial charge in [-0.2, -0.15) is 0 Å². The number of halogens is 1. The number of phenols is 2. The lowest BCUT2D eigenvalue weighted by Crippen LogP contribution is -2.34. The van der Waals surface area contributed by atoms with Gasteiger partial charge in [-0.15, -0.1) is 12.4 Å². The molecule has 3 N–H and O–H groups in total. The molecule has 0 radical (unpaired) electrons. The van der Waals surface area contributed by atoms with E-state index >= 15 is 0 Å². The van der Waals surface area contributed by atoms with Crippen molar-refractivity contribution in [3.63, 3.8) is 0 Å². The summed E-state index contributed by atoms with van der Waals surface area (Å²) in [5.74, 6) is -0.148. The maximum Gasteiger partial charge on any atom is 0.162 e. The Morgan fingerprint density at radius 1 is 1.33 bits per heavy atom. The second-order valence-corrected chi connectivity index (χ2v) is 3.30. The zero-order valence-electron chi connectivity index (χ0n) is 8.14. The topological polar surface area (TPSA) is 61.7 Å². The lowest BCUT2D eigenvalue weighted by Gasteiger charge is -2.24. The molecule has 0 spiro atoms. The van der Waals surface area contributed by atoms with E-state index in [4.69, 9.17) is 4.74 Å². The summed E-state index contributed by atoms with van der Waals surface area (Å²) >= 11 is 0. The van der Waals surface area contributed by atoms with E-state index in [0.29, 0.717) is 18.8 Å². The summed E-state index contributed by atoms with van der Waals surface area (Å²) in [6.45, 7) is 1.98. The van der Waals surface area contributed by atoms with Crippen LogP contribution in [0.5, 0.6) is 11.5 Å². The minimum absolute atomic E-state index is 0. The lowest BCUT2D eigenvalue weighted by atomic mass is 10.1. The van der Waals surface area contributed by atoms with Gasteiger partial charge in [-0.05, 0) is 6.07 Å². The standard InChI is InChI=1S/C10H13NO3.ClH/c12-9-3-1-2-7(10(9)13)8-6-14-5-4-11-8;/h1-3,8,11-13H,4-6H2;1H/t8-;/m1./s1. The number of phenolic OH excluding ortho intramolecular Hbond substituents is 2. The smallest absolute Gasteiger partial charge is 0.162 e. The fraction of sp³-hybridized carbons (Fsp3) is 0.400. The van der Waals surface area contributed by atoms with Crippen molar-refractivity contribution in [2.45, 2.75) is 6.04 Å². The summed E-state index contributed by atoms with van der Waals surface area (Å²) in [7, 11) is 0. The zero-order valence-corrected chi connectivity index (χ0v) is 8.96. The predicted molar refractivity (Wildman–Crippen MR) is 58.6 cm³/mol. The highest BCUT2D eigenvalue weighted by Crippen LogP contribution is 2.33. The number of para-hydroxylation sites is 1. The Bertz CT molecular complexity index is 326. The second-order valence-electron chi connectivity index (χ2n) is 3.30. The van der Waals surface area contributed by atoms with Crippen LogP contribution in [0.4, 0.5) is 0 Å². The Labute approximate surface area is 94.3 Å². The van der Waals surface area contributed by atoms with Crippen LogP contribution in [0.15, 0.2) is 18.2 Å². The molecule has 1 aromatic rings. The van der Waals surface area contributed by atoms with Crippen LogP contribution in [-0.4, -0.2) is 30.0 Å². The molecule has 1 atom stereocenters. The van der Waals surface area contributed by atoms with Gasteiger partial charge < -0.3 is 20.3 Å². The van der Waals surface area contributed by atoms with Crippen molar-refractivity contribution in [3.8, 4) is 11.5 Å². The van der Waals surface area contributed by atoms with Gasteiger partial charge in [0.25, 0.3) is 0 Å². The first kappa shape index (κ1) is 12.1. The Kier molecular flexibility index (Phi) is 4.20. The summed E-state index contributed by atoms with van der Waals surface area (Å²) < 4.78 is 5.28. The highest BCUT2D eigenvalue weighted by molar-refractivity contribution is 5.85. The molecule has 0 amide bonds. The lowest BCUT2D eigenvalue weighted by molar-refractivity contribution is 0.0760. The van der Waals surface area contributed by atoms with Gasteiger partial charge >= 0.3 is 0 Å². The van der Waals surface area contributed by atoms with Crippen LogP contribution >= 0.6 is 12.4 Å². The molecule has 1 saturated heterocycles. The second kappa shape index (κ2) is 5.21. The third kappa shape index (κ3) is 2.53. The van der Waals surface area contributed by atoms with E-state index in [1.807, 2.05) is 0 Å². The van der Waals surface area contributed by atoms with Crippen LogP contribution in [-0.2, 0) is 4.74 Å². The summed E-state index contributed by atoms with van der Waals surface area (Å²) in [5.41, 5.74) is 0.685. The van der Waals surface area contributed by atoms with Crippen LogP contribution in [0.1, 0.15) is 11.6 Å². The van der Waals surface area contributed by atoms with Gasteiger partial charge in [0.1, 0.15) is 0 Å². The fourth-order valence-corrected chi connectivity index (χ4v) is 1.60.